The van der Waals surface area contributed by atoms with Crippen molar-refractivity contribution in [1.29, 1.82) is 5.26 Å². The summed E-state index contributed by atoms with van der Waals surface area (Å²) in [5.74, 6) is 1.19. The number of rotatable bonds is 9. The van der Waals surface area contributed by atoms with Crippen LogP contribution in [0.5, 0.6) is 0 Å². The van der Waals surface area contributed by atoms with E-state index in [0.29, 0.717) is 40.8 Å². The van der Waals surface area contributed by atoms with Crippen molar-refractivity contribution >= 4 is 54.2 Å². The van der Waals surface area contributed by atoms with E-state index in [4.69, 9.17) is 0 Å². The summed E-state index contributed by atoms with van der Waals surface area (Å²) < 4.78 is 67.7. The minimum absolute atomic E-state index is 0.0378. The molecule has 0 spiro atoms. The predicted octanol–water partition coefficient (Wildman–Crippen LogP) is 5.97. The highest BCUT2D eigenvalue weighted by Gasteiger charge is 2.33. The first-order valence-corrected chi connectivity index (χ1v) is 18.7. The Labute approximate surface area is 283 Å². The van der Waals surface area contributed by atoms with Crippen molar-refractivity contribution in [2.24, 2.45) is 11.8 Å². The fourth-order valence-corrected chi connectivity index (χ4v) is 9.72. The number of fused-ring (bicyclic) bond motifs is 2. The van der Waals surface area contributed by atoms with Gasteiger partial charge < -0.3 is 15.2 Å². The summed E-state index contributed by atoms with van der Waals surface area (Å²) in [5.41, 5.74) is 3.89. The van der Waals surface area contributed by atoms with Crippen LogP contribution in [0.4, 0.5) is 24.9 Å². The molecule has 1 unspecified atom stereocenters. The third-order valence-electron chi connectivity index (χ3n) is 9.94. The summed E-state index contributed by atoms with van der Waals surface area (Å²) in [6, 6.07) is 10.2. The number of nitrogens with zero attached hydrogens (tertiary/aromatic N) is 6. The molecule has 48 heavy (non-hydrogen) atoms. The first-order valence-electron chi connectivity index (χ1n) is 16.2. The van der Waals surface area contributed by atoms with E-state index >= 15 is 0 Å². The number of hydrogen-bond donors (Lipinski definition) is 2. The van der Waals surface area contributed by atoms with E-state index in [1.807, 2.05) is 10.6 Å². The summed E-state index contributed by atoms with van der Waals surface area (Å²) in [5, 5.41) is 18.1. The highest BCUT2D eigenvalue weighted by Crippen LogP contribution is 2.35. The molecule has 6 rings (SSSR count). The zero-order chi connectivity index (χ0) is 34.4. The van der Waals surface area contributed by atoms with Crippen LogP contribution in [0, 0.1) is 30.1 Å². The molecule has 0 saturated carbocycles. The number of likely N-dealkylation sites (tertiary alicyclic amines) is 1. The standard InChI is InChI=1S/C33H41F3N8O2S2/c1-20(23-7-10-42(4)48(45,46)19-23)17-44-25(16-37)13-27-21(2)22(5-6-29(27)44)18-43-11-8-24(9-12-43)39-30-28-14-26(15-33(34,35)36)47-31(28)41-32(38-3)40-30/h5-6,13-14,20,23-24H,7-12,15,17-19H2,1-4H3,(H2,38,39,40,41)/t20-,23?/m0/s1. The Hall–Kier alpha value is -3.45. The lowest BCUT2D eigenvalue weighted by molar-refractivity contribution is -0.126. The van der Waals surface area contributed by atoms with Crippen LogP contribution >= 0.6 is 11.3 Å². The minimum Gasteiger partial charge on any atom is -0.367 e. The van der Waals surface area contributed by atoms with Gasteiger partial charge in [0.05, 0.1) is 17.6 Å². The molecule has 2 N–H and O–H groups in total. The van der Waals surface area contributed by atoms with Crippen LogP contribution in [-0.4, -0.2) is 83.9 Å². The second-order valence-electron chi connectivity index (χ2n) is 13.2. The Morgan fingerprint density at radius 2 is 1.88 bits per heavy atom. The number of benzene rings is 1. The Morgan fingerprint density at radius 3 is 2.54 bits per heavy atom. The van der Waals surface area contributed by atoms with Crippen LogP contribution in [0.25, 0.3) is 21.1 Å². The van der Waals surface area contributed by atoms with Crippen LogP contribution in [0.3, 0.4) is 0 Å². The van der Waals surface area contributed by atoms with Crippen molar-refractivity contribution < 1.29 is 21.6 Å². The van der Waals surface area contributed by atoms with E-state index < -0.39 is 22.6 Å². The molecule has 0 radical (unpaired) electrons. The molecule has 15 heteroatoms. The largest absolute Gasteiger partial charge is 0.393 e. The smallest absolute Gasteiger partial charge is 0.367 e. The van der Waals surface area contributed by atoms with Crippen molar-refractivity contribution in [1.82, 2.24) is 23.7 Å². The molecular weight excluding hydrogens is 662 g/mol. The molecule has 0 bridgehead atoms. The number of piperidine rings is 1. The molecule has 0 amide bonds. The number of aryl methyl sites for hydroxylation is 1. The van der Waals surface area contributed by atoms with E-state index in [0.717, 1.165) is 66.7 Å². The van der Waals surface area contributed by atoms with Gasteiger partial charge in [-0.3, -0.25) is 4.90 Å². The van der Waals surface area contributed by atoms with Crippen LogP contribution in [-0.2, 0) is 29.5 Å². The maximum Gasteiger partial charge on any atom is 0.393 e. The highest BCUT2D eigenvalue weighted by molar-refractivity contribution is 7.89. The van der Waals surface area contributed by atoms with Crippen molar-refractivity contribution in [2.75, 3.05) is 50.1 Å². The van der Waals surface area contributed by atoms with Crippen molar-refractivity contribution in [3.63, 3.8) is 0 Å². The Morgan fingerprint density at radius 1 is 1.12 bits per heavy atom. The van der Waals surface area contributed by atoms with E-state index in [1.54, 1.807) is 20.2 Å². The number of alkyl halides is 3. The van der Waals surface area contributed by atoms with E-state index in [-0.39, 0.29) is 28.5 Å². The molecule has 2 saturated heterocycles. The van der Waals surface area contributed by atoms with E-state index in [9.17, 15) is 26.9 Å². The van der Waals surface area contributed by atoms with Gasteiger partial charge in [0.15, 0.2) is 0 Å². The SMILES string of the molecule is CNc1nc(NC2CCN(Cc3ccc4c(cc(C#N)n4C[C@H](C)C4CCN(C)S(=O)(=O)C4)c3C)CC2)c2cc(CC(F)(F)F)sc2n1. The molecule has 0 aliphatic carbocycles. The summed E-state index contributed by atoms with van der Waals surface area (Å²) >= 11 is 1.04. The van der Waals surface area contributed by atoms with Crippen molar-refractivity contribution in [3.8, 4) is 6.07 Å². The van der Waals surface area contributed by atoms with Gasteiger partial charge in [0.25, 0.3) is 0 Å². The number of anilines is 2. The Bertz CT molecular complexity index is 1960. The summed E-state index contributed by atoms with van der Waals surface area (Å²) in [6.07, 6.45) is -2.77. The van der Waals surface area contributed by atoms with Crippen molar-refractivity contribution in [2.45, 2.75) is 64.8 Å². The second kappa shape index (κ2) is 13.5. The molecule has 2 fully saturated rings. The minimum atomic E-state index is -4.29. The third kappa shape index (κ3) is 7.27. The molecule has 3 aromatic heterocycles. The number of aromatic nitrogens is 3. The van der Waals surface area contributed by atoms with Gasteiger partial charge in [0.2, 0.25) is 16.0 Å². The van der Waals surface area contributed by atoms with Gasteiger partial charge >= 0.3 is 6.18 Å². The lowest BCUT2D eigenvalue weighted by Crippen LogP contribution is -2.41. The van der Waals surface area contributed by atoms with Crippen LogP contribution in [0.2, 0.25) is 0 Å². The maximum atomic E-state index is 13.1. The second-order valence-corrected chi connectivity index (χ2v) is 16.5. The first-order chi connectivity index (χ1) is 22.7. The molecule has 4 aromatic rings. The van der Waals surface area contributed by atoms with Crippen molar-refractivity contribution in [3.05, 3.63) is 46.0 Å². The third-order valence-corrected chi connectivity index (χ3v) is 12.9. The number of nitriles is 1. The maximum absolute atomic E-state index is 13.1. The molecule has 2 aliphatic rings. The predicted molar refractivity (Wildman–Crippen MR) is 184 cm³/mol. The molecular formula is C33H41F3N8O2S2. The number of thiophene rings is 1. The normalized spacial score (nSPS) is 20.2. The van der Waals surface area contributed by atoms with E-state index in [2.05, 4.69) is 57.6 Å². The van der Waals surface area contributed by atoms with E-state index in [1.165, 1.54) is 9.87 Å². The highest BCUT2D eigenvalue weighted by atomic mass is 32.2. The Kier molecular flexibility index (Phi) is 9.65. The van der Waals surface area contributed by atoms with Crippen LogP contribution in [0.1, 0.15) is 47.9 Å². The number of hydrogen-bond acceptors (Lipinski definition) is 9. The number of halogens is 3. The zero-order valence-corrected chi connectivity index (χ0v) is 29.2. The summed E-state index contributed by atoms with van der Waals surface area (Å²) in [4.78, 5) is 12.1. The number of sulfonamides is 1. The monoisotopic (exact) mass is 702 g/mol. The first kappa shape index (κ1) is 34.4. The average molecular weight is 703 g/mol. The molecule has 2 aliphatic heterocycles. The Balaban J connectivity index is 1.12. The molecule has 2 atom stereocenters. The van der Waals surface area contributed by atoms with Gasteiger partial charge in [-0.1, -0.05) is 13.0 Å². The average Bonchev–Trinajstić information content (AvgIpc) is 3.60. The fourth-order valence-electron chi connectivity index (χ4n) is 6.98. The van der Waals surface area contributed by atoms with Crippen LogP contribution < -0.4 is 10.6 Å². The molecule has 258 valence electrons. The molecule has 1 aromatic carbocycles. The lowest BCUT2D eigenvalue weighted by Gasteiger charge is -2.33. The summed E-state index contributed by atoms with van der Waals surface area (Å²) in [6.45, 7) is 7.72. The van der Waals surface area contributed by atoms with Gasteiger partial charge in [-0.15, -0.1) is 11.3 Å². The lowest BCUT2D eigenvalue weighted by atomic mass is 9.92. The zero-order valence-electron chi connectivity index (χ0n) is 27.6. The van der Waals surface area contributed by atoms with Gasteiger partial charge in [-0.25, -0.2) is 17.7 Å². The van der Waals surface area contributed by atoms with Gasteiger partial charge in [0.1, 0.15) is 22.4 Å². The van der Waals surface area contributed by atoms with Gasteiger partial charge in [0, 0.05) is 68.6 Å². The number of nitrogens with one attached hydrogen (secondary N) is 2. The van der Waals surface area contributed by atoms with Crippen LogP contribution in [0.15, 0.2) is 24.3 Å². The summed E-state index contributed by atoms with van der Waals surface area (Å²) in [7, 11) is 0.0739. The molecule has 5 heterocycles. The topological polar surface area (TPSA) is 119 Å². The molecule has 10 nitrogen and oxygen atoms in total. The fraction of sp³-hybridized carbons (Fsp3) is 0.545. The van der Waals surface area contributed by atoms with Gasteiger partial charge in [-0.2, -0.15) is 23.4 Å². The quantitative estimate of drug-likeness (QED) is 0.219. The van der Waals surface area contributed by atoms with Gasteiger partial charge in [-0.05, 0) is 67.3 Å².